The van der Waals surface area contributed by atoms with Gasteiger partial charge in [-0.2, -0.15) is 0 Å². The second kappa shape index (κ2) is 4.42. The molecular weight excluding hydrogens is 248 g/mol. The molecule has 0 unspecified atom stereocenters. The molecule has 0 spiro atoms. The lowest BCUT2D eigenvalue weighted by molar-refractivity contribution is -0.143. The van der Waals surface area contributed by atoms with Crippen LogP contribution in [0.25, 0.3) is 0 Å². The quantitative estimate of drug-likeness (QED) is 0.766. The van der Waals surface area contributed by atoms with Crippen molar-refractivity contribution < 1.29 is 23.7 Å². The molecule has 1 saturated heterocycles. The van der Waals surface area contributed by atoms with Crippen LogP contribution in [0.1, 0.15) is 36.7 Å². The lowest BCUT2D eigenvalue weighted by Crippen LogP contribution is -2.27. The van der Waals surface area contributed by atoms with E-state index in [1.807, 2.05) is 19.1 Å². The molecule has 0 bridgehead atoms. The molecule has 1 aromatic rings. The minimum absolute atomic E-state index is 0.133. The molecule has 5 heteroatoms. The average Bonchev–Trinajstić information content (AvgIpc) is 2.78. The van der Waals surface area contributed by atoms with E-state index in [9.17, 15) is 4.79 Å². The van der Waals surface area contributed by atoms with Gasteiger partial charge in [0.2, 0.25) is 0 Å². The van der Waals surface area contributed by atoms with E-state index in [4.69, 9.17) is 18.9 Å². The van der Waals surface area contributed by atoms with Gasteiger partial charge in [-0.1, -0.05) is 0 Å². The molecule has 2 heterocycles. The smallest absolute Gasteiger partial charge is 0.309 e. The van der Waals surface area contributed by atoms with Gasteiger partial charge in [-0.3, -0.25) is 4.79 Å². The van der Waals surface area contributed by atoms with Crippen molar-refractivity contribution in [1.29, 1.82) is 0 Å². The third-order valence-electron chi connectivity index (χ3n) is 3.66. The molecule has 1 fully saturated rings. The summed E-state index contributed by atoms with van der Waals surface area (Å²) < 4.78 is 21.9. The maximum atomic E-state index is 11.5. The zero-order valence-corrected chi connectivity index (χ0v) is 11.1. The van der Waals surface area contributed by atoms with Crippen LogP contribution in [-0.2, 0) is 14.3 Å². The Morgan fingerprint density at radius 1 is 1.26 bits per heavy atom. The van der Waals surface area contributed by atoms with Gasteiger partial charge in [0.25, 0.3) is 0 Å². The lowest BCUT2D eigenvalue weighted by Gasteiger charge is -2.32. The van der Waals surface area contributed by atoms with Crippen molar-refractivity contribution >= 4 is 5.97 Å². The van der Waals surface area contributed by atoms with Crippen LogP contribution in [-0.4, -0.2) is 26.3 Å². The van der Waals surface area contributed by atoms with E-state index in [1.165, 1.54) is 0 Å². The minimum atomic E-state index is -0.359. The fraction of sp³-hybridized carbons (Fsp3) is 0.500. The van der Waals surface area contributed by atoms with E-state index in [0.717, 1.165) is 11.1 Å². The van der Waals surface area contributed by atoms with Crippen LogP contribution < -0.4 is 9.47 Å². The molecule has 0 N–H and O–H groups in total. The standard InChI is InChI=1S/C14H16O5/c1-7-13-9(4-8(16-2)5-10(13)17-3)14-11(18-7)6-12(15)19-14/h4-5,7,11,14H,6H2,1-3H3/t7-,11+,14+/m0/s1. The SMILES string of the molecule is COc1cc(OC)c2c(c1)[C@H]1OC(=O)C[C@H]1O[C@H]2C. The van der Waals surface area contributed by atoms with Crippen molar-refractivity contribution in [3.63, 3.8) is 0 Å². The Hall–Kier alpha value is -1.75. The van der Waals surface area contributed by atoms with E-state index >= 15 is 0 Å². The van der Waals surface area contributed by atoms with Crippen molar-refractivity contribution in [2.24, 2.45) is 0 Å². The summed E-state index contributed by atoms with van der Waals surface area (Å²) in [4.78, 5) is 11.5. The minimum Gasteiger partial charge on any atom is -0.497 e. The third-order valence-corrected chi connectivity index (χ3v) is 3.66. The molecule has 102 valence electrons. The number of benzene rings is 1. The van der Waals surface area contributed by atoms with E-state index in [-0.39, 0.29) is 24.3 Å². The number of carbonyl (C=O) groups is 1. The molecule has 0 aromatic heterocycles. The highest BCUT2D eigenvalue weighted by atomic mass is 16.6. The molecule has 5 nitrogen and oxygen atoms in total. The Labute approximate surface area is 111 Å². The van der Waals surface area contributed by atoms with Gasteiger partial charge >= 0.3 is 5.97 Å². The molecule has 0 radical (unpaired) electrons. The van der Waals surface area contributed by atoms with Gasteiger partial charge in [0.1, 0.15) is 17.6 Å². The van der Waals surface area contributed by atoms with Crippen LogP contribution in [0.5, 0.6) is 11.5 Å². The maximum absolute atomic E-state index is 11.5. The molecule has 3 rings (SSSR count). The molecular formula is C14H16O5. The highest BCUT2D eigenvalue weighted by Gasteiger charge is 2.44. The number of carbonyl (C=O) groups excluding carboxylic acids is 1. The topological polar surface area (TPSA) is 54.0 Å². The van der Waals surface area contributed by atoms with Crippen molar-refractivity contribution in [1.82, 2.24) is 0 Å². The first kappa shape index (κ1) is 12.3. The summed E-state index contributed by atoms with van der Waals surface area (Å²) in [6, 6.07) is 3.71. The van der Waals surface area contributed by atoms with E-state index in [0.29, 0.717) is 17.9 Å². The van der Waals surface area contributed by atoms with Gasteiger partial charge in [0.15, 0.2) is 6.10 Å². The summed E-state index contributed by atoms with van der Waals surface area (Å²) in [5.41, 5.74) is 1.85. The highest BCUT2D eigenvalue weighted by Crippen LogP contribution is 2.48. The number of rotatable bonds is 2. The number of hydrogen-bond donors (Lipinski definition) is 0. The van der Waals surface area contributed by atoms with Crippen molar-refractivity contribution in [3.8, 4) is 11.5 Å². The van der Waals surface area contributed by atoms with E-state index in [1.54, 1.807) is 14.2 Å². The Morgan fingerprint density at radius 2 is 2.05 bits per heavy atom. The summed E-state index contributed by atoms with van der Waals surface area (Å²) >= 11 is 0. The second-order valence-electron chi connectivity index (χ2n) is 4.76. The average molecular weight is 264 g/mol. The van der Waals surface area contributed by atoms with Crippen molar-refractivity contribution in [2.75, 3.05) is 14.2 Å². The van der Waals surface area contributed by atoms with Crippen LogP contribution in [0.15, 0.2) is 12.1 Å². The summed E-state index contributed by atoms with van der Waals surface area (Å²) in [5, 5.41) is 0. The first-order chi connectivity index (χ1) is 9.13. The monoisotopic (exact) mass is 264 g/mol. The van der Waals surface area contributed by atoms with Gasteiger partial charge in [-0.15, -0.1) is 0 Å². The number of esters is 1. The summed E-state index contributed by atoms with van der Waals surface area (Å²) in [6.07, 6.45) is -0.408. The summed E-state index contributed by atoms with van der Waals surface area (Å²) in [6.45, 7) is 1.95. The van der Waals surface area contributed by atoms with Crippen LogP contribution >= 0.6 is 0 Å². The summed E-state index contributed by atoms with van der Waals surface area (Å²) in [5.74, 6) is 1.16. The first-order valence-corrected chi connectivity index (χ1v) is 6.24. The Balaban J connectivity index is 2.15. The lowest BCUT2D eigenvalue weighted by atomic mass is 9.91. The molecule has 2 aliphatic heterocycles. The summed E-state index contributed by atoms with van der Waals surface area (Å²) in [7, 11) is 3.20. The van der Waals surface area contributed by atoms with E-state index < -0.39 is 0 Å². The van der Waals surface area contributed by atoms with Crippen LogP contribution in [0.2, 0.25) is 0 Å². The predicted molar refractivity (Wildman–Crippen MR) is 66.3 cm³/mol. The molecule has 2 aliphatic rings. The Bertz CT molecular complexity index is 525. The van der Waals surface area contributed by atoms with Crippen LogP contribution in [0, 0.1) is 0 Å². The zero-order valence-electron chi connectivity index (χ0n) is 11.1. The number of ether oxygens (including phenoxy) is 4. The number of fused-ring (bicyclic) bond motifs is 3. The molecule has 0 amide bonds. The Kier molecular flexibility index (Phi) is 2.86. The largest absolute Gasteiger partial charge is 0.497 e. The van der Waals surface area contributed by atoms with Gasteiger partial charge in [0.05, 0.1) is 26.7 Å². The van der Waals surface area contributed by atoms with Crippen LogP contribution in [0.3, 0.4) is 0 Å². The molecule has 3 atom stereocenters. The van der Waals surface area contributed by atoms with Gasteiger partial charge in [0, 0.05) is 17.2 Å². The van der Waals surface area contributed by atoms with Crippen LogP contribution in [0.4, 0.5) is 0 Å². The zero-order chi connectivity index (χ0) is 13.6. The third kappa shape index (κ3) is 1.85. The Morgan fingerprint density at radius 3 is 2.74 bits per heavy atom. The second-order valence-corrected chi connectivity index (χ2v) is 4.76. The predicted octanol–water partition coefficient (Wildman–Crippen LogP) is 2.15. The van der Waals surface area contributed by atoms with E-state index in [2.05, 4.69) is 0 Å². The van der Waals surface area contributed by atoms with Gasteiger partial charge in [-0.05, 0) is 13.0 Å². The fourth-order valence-corrected chi connectivity index (χ4v) is 2.83. The first-order valence-electron chi connectivity index (χ1n) is 6.24. The highest BCUT2D eigenvalue weighted by molar-refractivity contribution is 5.73. The van der Waals surface area contributed by atoms with Gasteiger partial charge in [-0.25, -0.2) is 0 Å². The molecule has 0 saturated carbocycles. The molecule has 19 heavy (non-hydrogen) atoms. The normalized spacial score (nSPS) is 28.4. The molecule has 1 aromatic carbocycles. The van der Waals surface area contributed by atoms with Crippen molar-refractivity contribution in [3.05, 3.63) is 23.3 Å². The van der Waals surface area contributed by atoms with Crippen molar-refractivity contribution in [2.45, 2.75) is 31.7 Å². The molecule has 0 aliphatic carbocycles. The van der Waals surface area contributed by atoms with Gasteiger partial charge < -0.3 is 18.9 Å². The number of methoxy groups -OCH3 is 2. The number of hydrogen-bond acceptors (Lipinski definition) is 5. The fourth-order valence-electron chi connectivity index (χ4n) is 2.83. The maximum Gasteiger partial charge on any atom is 0.309 e.